The van der Waals surface area contributed by atoms with Gasteiger partial charge in [-0.3, -0.25) is 4.72 Å². The van der Waals surface area contributed by atoms with Gasteiger partial charge in [-0.1, -0.05) is 35.8 Å². The molecule has 170 valence electrons. The lowest BCUT2D eigenvalue weighted by atomic mass is 10.1. The van der Waals surface area contributed by atoms with Gasteiger partial charge >= 0.3 is 21.7 Å². The van der Waals surface area contributed by atoms with Gasteiger partial charge in [0, 0.05) is 10.6 Å². The van der Waals surface area contributed by atoms with Crippen LogP contribution in [0.3, 0.4) is 0 Å². The van der Waals surface area contributed by atoms with E-state index in [1.807, 2.05) is 0 Å². The first-order valence-electron chi connectivity index (χ1n) is 8.48. The van der Waals surface area contributed by atoms with Gasteiger partial charge in [-0.05, 0) is 42.3 Å². The standard InChI is InChI=1S/C18H15ClF6N2O3S/c1-2-15(26-30-10-11-4-3-5-12(8-11)17(20,21)22)14-9-13(19)6-7-16(14)27-31(28,29)18(23,24)25/h3-9,27H,2,10H2,1H3. The lowest BCUT2D eigenvalue weighted by Gasteiger charge is -2.15. The Hall–Kier alpha value is -2.47. The van der Waals surface area contributed by atoms with E-state index in [-0.39, 0.29) is 34.9 Å². The van der Waals surface area contributed by atoms with E-state index < -0.39 is 33.0 Å². The second-order valence-electron chi connectivity index (χ2n) is 6.10. The van der Waals surface area contributed by atoms with Crippen LogP contribution < -0.4 is 4.72 Å². The van der Waals surface area contributed by atoms with Crippen molar-refractivity contribution >= 4 is 33.0 Å². The highest BCUT2D eigenvalue weighted by Gasteiger charge is 2.46. The van der Waals surface area contributed by atoms with Crippen LogP contribution in [-0.2, 0) is 27.6 Å². The van der Waals surface area contributed by atoms with E-state index in [0.717, 1.165) is 18.2 Å². The molecule has 0 radical (unpaired) electrons. The third kappa shape index (κ3) is 6.50. The zero-order chi connectivity index (χ0) is 23.4. The summed E-state index contributed by atoms with van der Waals surface area (Å²) >= 11 is 5.87. The molecule has 0 bridgehead atoms. The van der Waals surface area contributed by atoms with Gasteiger partial charge in [-0.2, -0.15) is 34.8 Å². The van der Waals surface area contributed by atoms with Crippen molar-refractivity contribution in [2.75, 3.05) is 4.72 Å². The van der Waals surface area contributed by atoms with Crippen molar-refractivity contribution in [3.8, 4) is 0 Å². The van der Waals surface area contributed by atoms with E-state index in [2.05, 4.69) is 5.16 Å². The van der Waals surface area contributed by atoms with Crippen LogP contribution in [0.1, 0.15) is 30.0 Å². The fourth-order valence-corrected chi connectivity index (χ4v) is 3.13. The van der Waals surface area contributed by atoms with Crippen LogP contribution in [0.2, 0.25) is 5.02 Å². The lowest BCUT2D eigenvalue weighted by molar-refractivity contribution is -0.137. The van der Waals surface area contributed by atoms with E-state index in [0.29, 0.717) is 0 Å². The summed E-state index contributed by atoms with van der Waals surface area (Å²) in [7, 11) is -5.71. The molecule has 2 aromatic carbocycles. The van der Waals surface area contributed by atoms with Crippen LogP contribution in [0.25, 0.3) is 0 Å². The number of benzene rings is 2. The average molecular weight is 489 g/mol. The van der Waals surface area contributed by atoms with Gasteiger partial charge < -0.3 is 4.84 Å². The highest BCUT2D eigenvalue weighted by atomic mass is 35.5. The Balaban J connectivity index is 2.30. The molecule has 0 atom stereocenters. The van der Waals surface area contributed by atoms with Crippen molar-refractivity contribution < 1.29 is 39.6 Å². The Labute approximate surface area is 178 Å². The molecular weight excluding hydrogens is 474 g/mol. The van der Waals surface area contributed by atoms with Crippen LogP contribution in [0.5, 0.6) is 0 Å². The third-order valence-electron chi connectivity index (χ3n) is 3.84. The minimum atomic E-state index is -5.71. The molecule has 1 N–H and O–H groups in total. The maximum absolute atomic E-state index is 12.8. The summed E-state index contributed by atoms with van der Waals surface area (Å²) in [6, 6.07) is 7.70. The smallest absolute Gasteiger partial charge is 0.391 e. The monoisotopic (exact) mass is 488 g/mol. The van der Waals surface area contributed by atoms with Gasteiger partial charge in [0.2, 0.25) is 0 Å². The number of hydrogen-bond donors (Lipinski definition) is 1. The van der Waals surface area contributed by atoms with Crippen LogP contribution in [0.4, 0.5) is 32.0 Å². The number of oxime groups is 1. The molecule has 2 aromatic rings. The summed E-state index contributed by atoms with van der Waals surface area (Å²) in [6.07, 6.45) is -4.46. The Bertz CT molecular complexity index is 1070. The maximum Gasteiger partial charge on any atom is 0.516 e. The summed E-state index contributed by atoms with van der Waals surface area (Å²) < 4.78 is 101. The first kappa shape index (κ1) is 24.8. The molecule has 0 saturated heterocycles. The molecule has 13 heteroatoms. The molecule has 0 aliphatic rings. The predicted octanol–water partition coefficient (Wildman–Crippen LogP) is 5.95. The van der Waals surface area contributed by atoms with Crippen molar-refractivity contribution in [2.24, 2.45) is 5.16 Å². The molecule has 5 nitrogen and oxygen atoms in total. The summed E-state index contributed by atoms with van der Waals surface area (Å²) in [5, 5.41) is 3.84. The molecule has 0 aliphatic carbocycles. The normalized spacial score (nSPS) is 13.2. The summed E-state index contributed by atoms with van der Waals surface area (Å²) in [6.45, 7) is 1.20. The number of anilines is 1. The highest BCUT2D eigenvalue weighted by molar-refractivity contribution is 7.93. The third-order valence-corrected chi connectivity index (χ3v) is 5.17. The van der Waals surface area contributed by atoms with Gasteiger partial charge in [0.1, 0.15) is 6.61 Å². The van der Waals surface area contributed by atoms with E-state index in [1.165, 1.54) is 29.0 Å². The van der Waals surface area contributed by atoms with E-state index >= 15 is 0 Å². The van der Waals surface area contributed by atoms with Gasteiger partial charge in [0.05, 0.1) is 17.0 Å². The predicted molar refractivity (Wildman–Crippen MR) is 103 cm³/mol. The van der Waals surface area contributed by atoms with Gasteiger partial charge in [-0.25, -0.2) is 0 Å². The SMILES string of the molecule is CCC(=NOCc1cccc(C(F)(F)F)c1)c1cc(Cl)ccc1NS(=O)(=O)C(F)(F)F. The van der Waals surface area contributed by atoms with Crippen molar-refractivity contribution in [3.05, 3.63) is 64.2 Å². The molecule has 31 heavy (non-hydrogen) atoms. The van der Waals surface area contributed by atoms with Crippen LogP contribution in [0.15, 0.2) is 47.6 Å². The average Bonchev–Trinajstić information content (AvgIpc) is 2.65. The van der Waals surface area contributed by atoms with E-state index in [9.17, 15) is 34.8 Å². The number of nitrogens with one attached hydrogen (secondary N) is 1. The quantitative estimate of drug-likeness (QED) is 0.297. The van der Waals surface area contributed by atoms with E-state index in [1.54, 1.807) is 6.92 Å². The number of rotatable bonds is 7. The molecule has 0 aliphatic heterocycles. The summed E-state index contributed by atoms with van der Waals surface area (Å²) in [4.78, 5) is 5.07. The van der Waals surface area contributed by atoms with Crippen molar-refractivity contribution in [1.29, 1.82) is 0 Å². The number of alkyl halides is 6. The number of halogens is 7. The number of hydrogen-bond acceptors (Lipinski definition) is 4. The Kier molecular flexibility index (Phi) is 7.48. The largest absolute Gasteiger partial charge is 0.516 e. The Morgan fingerprint density at radius 2 is 1.77 bits per heavy atom. The number of nitrogens with zero attached hydrogens (tertiary/aromatic N) is 1. The molecule has 0 spiro atoms. The van der Waals surface area contributed by atoms with Crippen molar-refractivity contribution in [2.45, 2.75) is 31.6 Å². The molecule has 0 unspecified atom stereocenters. The van der Waals surface area contributed by atoms with Crippen LogP contribution in [-0.4, -0.2) is 19.6 Å². The minimum Gasteiger partial charge on any atom is -0.391 e. The zero-order valence-electron chi connectivity index (χ0n) is 15.7. The van der Waals surface area contributed by atoms with E-state index in [4.69, 9.17) is 16.4 Å². The van der Waals surface area contributed by atoms with Crippen molar-refractivity contribution in [3.63, 3.8) is 0 Å². The second kappa shape index (κ2) is 9.35. The molecule has 0 aromatic heterocycles. The fourth-order valence-electron chi connectivity index (χ4n) is 2.37. The van der Waals surface area contributed by atoms with Crippen LogP contribution >= 0.6 is 11.6 Å². The zero-order valence-corrected chi connectivity index (χ0v) is 17.3. The van der Waals surface area contributed by atoms with Gasteiger partial charge in [0.15, 0.2) is 0 Å². The molecule has 0 saturated carbocycles. The Morgan fingerprint density at radius 1 is 1.10 bits per heavy atom. The molecule has 2 rings (SSSR count). The molecule has 0 amide bonds. The first-order chi connectivity index (χ1) is 14.2. The van der Waals surface area contributed by atoms with Crippen LogP contribution in [0, 0.1) is 0 Å². The fraction of sp³-hybridized carbons (Fsp3) is 0.278. The van der Waals surface area contributed by atoms with Gasteiger partial charge in [0.25, 0.3) is 0 Å². The summed E-state index contributed by atoms with van der Waals surface area (Å²) in [5.41, 5.74) is -6.77. The molecule has 0 heterocycles. The second-order valence-corrected chi connectivity index (χ2v) is 8.21. The minimum absolute atomic E-state index is 0.0225. The lowest BCUT2D eigenvalue weighted by Crippen LogP contribution is -2.30. The molecule has 0 fully saturated rings. The Morgan fingerprint density at radius 3 is 2.35 bits per heavy atom. The molecular formula is C18H15ClF6N2O3S. The maximum atomic E-state index is 12.8. The summed E-state index contributed by atoms with van der Waals surface area (Å²) in [5.74, 6) is 0. The highest BCUT2D eigenvalue weighted by Crippen LogP contribution is 2.31. The topological polar surface area (TPSA) is 67.8 Å². The first-order valence-corrected chi connectivity index (χ1v) is 10.3. The van der Waals surface area contributed by atoms with Crippen molar-refractivity contribution in [1.82, 2.24) is 0 Å². The number of sulfonamides is 1. The van der Waals surface area contributed by atoms with Gasteiger partial charge in [-0.15, -0.1) is 0 Å².